The lowest BCUT2D eigenvalue weighted by atomic mass is 10.0. The van der Waals surface area contributed by atoms with Crippen LogP contribution in [0.2, 0.25) is 0 Å². The van der Waals surface area contributed by atoms with Crippen molar-refractivity contribution in [3.8, 4) is 0 Å². The summed E-state index contributed by atoms with van der Waals surface area (Å²) in [5, 5.41) is 9.70. The summed E-state index contributed by atoms with van der Waals surface area (Å²) in [6.45, 7) is 4.72. The summed E-state index contributed by atoms with van der Waals surface area (Å²) in [5.41, 5.74) is 0. The van der Waals surface area contributed by atoms with Crippen molar-refractivity contribution in [1.29, 1.82) is 0 Å². The van der Waals surface area contributed by atoms with Gasteiger partial charge in [-0.2, -0.15) is 0 Å². The number of unbranched alkanes of at least 4 members (excludes halogenated alkanes) is 24. The highest BCUT2D eigenvalue weighted by molar-refractivity contribution is 5.71. The number of carboxylic acids is 1. The number of hydrogen-bond donors (Lipinski definition) is 1. The van der Waals surface area contributed by atoms with Crippen LogP contribution in [0, 0.1) is 0 Å². The normalized spacial score (nSPS) is 13.5. The Hall–Kier alpha value is -3.79. The first-order chi connectivity index (χ1) is 36.6. The van der Waals surface area contributed by atoms with Crippen LogP contribution in [0.4, 0.5) is 0 Å². The molecule has 0 heterocycles. The molecule has 0 saturated carbocycles. The van der Waals surface area contributed by atoms with E-state index in [1.54, 1.807) is 0 Å². The van der Waals surface area contributed by atoms with Gasteiger partial charge in [-0.25, -0.2) is 4.79 Å². The Balaban J connectivity index is 4.12. The molecule has 0 aromatic carbocycles. The van der Waals surface area contributed by atoms with Crippen molar-refractivity contribution in [3.63, 3.8) is 0 Å². The lowest BCUT2D eigenvalue weighted by Gasteiger charge is -2.25. The molecule has 1 N–H and O–H groups in total. The molecule has 2 atom stereocenters. The van der Waals surface area contributed by atoms with Gasteiger partial charge in [0.15, 0.2) is 6.10 Å². The second kappa shape index (κ2) is 56.4. The van der Waals surface area contributed by atoms with Crippen molar-refractivity contribution in [2.45, 2.75) is 257 Å². The summed E-state index contributed by atoms with van der Waals surface area (Å²) in [7, 11) is 5.96. The van der Waals surface area contributed by atoms with Crippen LogP contribution < -0.4 is 0 Å². The predicted molar refractivity (Wildman–Crippen MR) is 318 cm³/mol. The Kier molecular flexibility index (Phi) is 53.6. The van der Waals surface area contributed by atoms with Crippen LogP contribution in [0.25, 0.3) is 0 Å². The topological polar surface area (TPSA) is 108 Å². The maximum absolute atomic E-state index is 12.9. The molecule has 0 aliphatic rings. The number of carboxylic acid groups (broad SMARTS) is 1. The van der Waals surface area contributed by atoms with Crippen molar-refractivity contribution < 1.29 is 42.9 Å². The third-order valence-corrected chi connectivity index (χ3v) is 12.8. The lowest BCUT2D eigenvalue weighted by molar-refractivity contribution is -0.870. The Labute approximate surface area is 461 Å². The Morgan fingerprint density at radius 3 is 1.13 bits per heavy atom. The van der Waals surface area contributed by atoms with Crippen molar-refractivity contribution in [3.05, 3.63) is 97.2 Å². The maximum Gasteiger partial charge on any atom is 0.361 e. The summed E-state index contributed by atoms with van der Waals surface area (Å²) in [5.74, 6) is -2.02. The number of rotatable bonds is 55. The molecule has 75 heavy (non-hydrogen) atoms. The molecule has 2 unspecified atom stereocenters. The average molecular weight is 1050 g/mol. The largest absolute Gasteiger partial charge is 0.477 e. The van der Waals surface area contributed by atoms with Crippen LogP contribution in [-0.2, 0) is 33.3 Å². The summed E-state index contributed by atoms with van der Waals surface area (Å²) in [6, 6.07) is 0. The smallest absolute Gasteiger partial charge is 0.361 e. The van der Waals surface area contributed by atoms with Gasteiger partial charge in [0.25, 0.3) is 6.29 Å². The van der Waals surface area contributed by atoms with Crippen LogP contribution in [0.3, 0.4) is 0 Å². The number of carbonyl (C=O) groups is 3. The minimum absolute atomic E-state index is 0.182. The Morgan fingerprint density at radius 2 is 0.760 bits per heavy atom. The fourth-order valence-electron chi connectivity index (χ4n) is 8.16. The minimum Gasteiger partial charge on any atom is -0.477 e. The quantitative estimate of drug-likeness (QED) is 0.0211. The van der Waals surface area contributed by atoms with Crippen molar-refractivity contribution >= 4 is 17.9 Å². The number of likely N-dealkylation sites (N-methyl/N-ethyl adjacent to an activating group) is 1. The molecule has 9 nitrogen and oxygen atoms in total. The standard InChI is InChI=1S/C66H113NO8/c1-6-8-10-12-14-16-18-20-22-23-24-25-26-27-28-29-30-31-32-33-34-35-36-37-38-39-40-41-43-45-47-49-51-53-55-57-64(69)75-62(61-74-66(65(70)71)72-59-58-67(3,4)5)60-73-63(68)56-54-52-50-48-46-44-42-21-19-17-15-13-11-9-7-2/h8,10,14-17,20-22,24-25,27-28,30-31,42,62,66H,6-7,9,11-13,18-19,23,26,29,32-41,43-61H2,1-5H3/p+1/b10-8-,16-14-,17-15-,22-20-,25-24-,28-27-,31-30-,42-21-. The van der Waals surface area contributed by atoms with E-state index in [2.05, 4.69) is 111 Å². The first-order valence-electron chi connectivity index (χ1n) is 30.4. The lowest BCUT2D eigenvalue weighted by Crippen LogP contribution is -2.40. The third kappa shape index (κ3) is 57.7. The van der Waals surface area contributed by atoms with Crippen LogP contribution >= 0.6 is 0 Å². The Morgan fingerprint density at radius 1 is 0.413 bits per heavy atom. The fourth-order valence-corrected chi connectivity index (χ4v) is 8.16. The van der Waals surface area contributed by atoms with E-state index in [-0.39, 0.29) is 38.6 Å². The van der Waals surface area contributed by atoms with Crippen molar-refractivity contribution in [2.24, 2.45) is 0 Å². The molecule has 0 aromatic heterocycles. The monoisotopic (exact) mass is 1050 g/mol. The number of quaternary nitrogens is 1. The van der Waals surface area contributed by atoms with Gasteiger partial charge >= 0.3 is 17.9 Å². The van der Waals surface area contributed by atoms with Gasteiger partial charge in [-0.05, 0) is 96.3 Å². The van der Waals surface area contributed by atoms with E-state index < -0.39 is 24.3 Å². The highest BCUT2D eigenvalue weighted by atomic mass is 16.7. The number of ether oxygens (including phenoxy) is 4. The molecule has 0 spiro atoms. The van der Waals surface area contributed by atoms with Crippen molar-refractivity contribution in [2.75, 3.05) is 47.5 Å². The molecule has 430 valence electrons. The van der Waals surface area contributed by atoms with E-state index in [0.717, 1.165) is 96.3 Å². The van der Waals surface area contributed by atoms with Crippen LogP contribution in [0.1, 0.15) is 245 Å². The molecule has 0 bridgehead atoms. The summed E-state index contributed by atoms with van der Waals surface area (Å²) in [4.78, 5) is 37.4. The number of hydrogen-bond acceptors (Lipinski definition) is 7. The van der Waals surface area contributed by atoms with Gasteiger partial charge in [0, 0.05) is 12.8 Å². The molecule has 0 amide bonds. The third-order valence-electron chi connectivity index (χ3n) is 12.8. The summed E-state index contributed by atoms with van der Waals surface area (Å²) < 4.78 is 22.9. The number of nitrogens with zero attached hydrogens (tertiary/aromatic N) is 1. The zero-order valence-corrected chi connectivity index (χ0v) is 48.9. The SMILES string of the molecule is CC/C=C\C/C=C\C/C=C\C/C=C\C/C=C\C/C=C\CCCCCCCCCCCCCCCCCCC(=O)OC(COC(=O)CCCCCCC/C=C\C/C=C\CCCCC)COC(OCC[N+](C)(C)C)C(=O)O. The van der Waals surface area contributed by atoms with Crippen LogP contribution in [0.15, 0.2) is 97.2 Å². The van der Waals surface area contributed by atoms with Gasteiger partial charge in [-0.3, -0.25) is 9.59 Å². The molecule has 9 heteroatoms. The van der Waals surface area contributed by atoms with Gasteiger partial charge in [0.1, 0.15) is 13.2 Å². The van der Waals surface area contributed by atoms with Crippen LogP contribution in [-0.4, -0.2) is 87.4 Å². The highest BCUT2D eigenvalue weighted by Crippen LogP contribution is 2.16. The van der Waals surface area contributed by atoms with Gasteiger partial charge in [0.05, 0.1) is 34.4 Å². The van der Waals surface area contributed by atoms with Gasteiger partial charge < -0.3 is 28.5 Å². The van der Waals surface area contributed by atoms with Gasteiger partial charge in [0.2, 0.25) is 0 Å². The molecule has 0 aromatic rings. The second-order valence-electron chi connectivity index (χ2n) is 21.3. The van der Waals surface area contributed by atoms with E-state index in [1.807, 2.05) is 21.1 Å². The number of esters is 2. The fraction of sp³-hybridized carbons (Fsp3) is 0.712. The zero-order valence-electron chi connectivity index (χ0n) is 48.9. The predicted octanol–water partition coefficient (Wildman–Crippen LogP) is 18.1. The minimum atomic E-state index is -1.52. The molecule has 0 rings (SSSR count). The van der Waals surface area contributed by atoms with Gasteiger partial charge in [-0.1, -0.05) is 233 Å². The van der Waals surface area contributed by atoms with E-state index in [1.165, 1.54) is 116 Å². The van der Waals surface area contributed by atoms with Crippen LogP contribution in [0.5, 0.6) is 0 Å². The summed E-state index contributed by atoms with van der Waals surface area (Å²) >= 11 is 0. The molecular weight excluding hydrogens is 935 g/mol. The zero-order chi connectivity index (χ0) is 54.8. The maximum atomic E-state index is 12.9. The number of carbonyl (C=O) groups excluding carboxylic acids is 2. The molecular formula is C66H114NO8+. The first-order valence-corrected chi connectivity index (χ1v) is 30.4. The van der Waals surface area contributed by atoms with Gasteiger partial charge in [-0.15, -0.1) is 0 Å². The number of allylic oxidation sites excluding steroid dienone is 16. The molecule has 0 radical (unpaired) electrons. The molecule has 0 fully saturated rings. The Bertz CT molecular complexity index is 1550. The first kappa shape index (κ1) is 71.2. The van der Waals surface area contributed by atoms with E-state index in [9.17, 15) is 19.5 Å². The second-order valence-corrected chi connectivity index (χ2v) is 21.3. The van der Waals surface area contributed by atoms with E-state index in [0.29, 0.717) is 17.4 Å². The molecule has 0 saturated heterocycles. The highest BCUT2D eigenvalue weighted by Gasteiger charge is 2.25. The molecule has 0 aliphatic heterocycles. The van der Waals surface area contributed by atoms with E-state index >= 15 is 0 Å². The molecule has 0 aliphatic carbocycles. The number of aliphatic carboxylic acids is 1. The average Bonchev–Trinajstić information content (AvgIpc) is 3.38. The van der Waals surface area contributed by atoms with Crippen molar-refractivity contribution in [1.82, 2.24) is 0 Å². The van der Waals surface area contributed by atoms with E-state index in [4.69, 9.17) is 18.9 Å². The summed E-state index contributed by atoms with van der Waals surface area (Å²) in [6.07, 6.45) is 73.6.